The minimum atomic E-state index is 0.00460. The molecule has 0 saturated carbocycles. The Bertz CT molecular complexity index is 338. The van der Waals surface area contributed by atoms with E-state index in [2.05, 4.69) is 37.9 Å². The fourth-order valence-corrected chi connectivity index (χ4v) is 1.56. The summed E-state index contributed by atoms with van der Waals surface area (Å²) in [6.45, 7) is 5.15. The summed E-state index contributed by atoms with van der Waals surface area (Å²) in [4.78, 5) is 2.24. The second-order valence-corrected chi connectivity index (χ2v) is 4.92. The Morgan fingerprint density at radius 2 is 2.06 bits per heavy atom. The molecule has 0 N–H and O–H groups in total. The first-order valence-electron chi connectivity index (χ1n) is 5.40. The van der Waals surface area contributed by atoms with E-state index in [9.17, 15) is 0 Å². The molecule has 0 unspecified atom stereocenters. The van der Waals surface area contributed by atoms with Crippen molar-refractivity contribution in [2.45, 2.75) is 25.9 Å². The third kappa shape index (κ3) is 3.39. The lowest BCUT2D eigenvalue weighted by Crippen LogP contribution is -2.42. The molecule has 0 aliphatic heterocycles. The van der Waals surface area contributed by atoms with Crippen LogP contribution in [0.25, 0.3) is 0 Å². The van der Waals surface area contributed by atoms with E-state index in [0.29, 0.717) is 5.88 Å². The number of halogens is 1. The molecule has 1 aromatic rings. The van der Waals surface area contributed by atoms with Crippen LogP contribution in [0.2, 0.25) is 0 Å². The van der Waals surface area contributed by atoms with Gasteiger partial charge in [-0.15, -0.1) is 11.6 Å². The quantitative estimate of drug-likeness (QED) is 0.735. The molecule has 1 rings (SSSR count). The van der Waals surface area contributed by atoms with Crippen molar-refractivity contribution in [1.82, 2.24) is 4.90 Å². The Morgan fingerprint density at radius 3 is 2.62 bits per heavy atom. The lowest BCUT2D eigenvalue weighted by atomic mass is 10.1. The Labute approximate surface area is 103 Å². The van der Waals surface area contributed by atoms with Crippen molar-refractivity contribution in [3.63, 3.8) is 0 Å². The van der Waals surface area contributed by atoms with Crippen LogP contribution in [0.5, 0.6) is 5.75 Å². The molecule has 0 aliphatic carbocycles. The van der Waals surface area contributed by atoms with Crippen LogP contribution < -0.4 is 4.74 Å². The van der Waals surface area contributed by atoms with Gasteiger partial charge in [-0.1, -0.05) is 12.1 Å². The molecular weight excluding hydrogens is 222 g/mol. The Balaban J connectivity index is 2.72. The number of hydrogen-bond acceptors (Lipinski definition) is 2. The van der Waals surface area contributed by atoms with Crippen LogP contribution in [0.3, 0.4) is 0 Å². The van der Waals surface area contributed by atoms with Gasteiger partial charge in [0.15, 0.2) is 0 Å². The van der Waals surface area contributed by atoms with E-state index in [1.165, 1.54) is 5.56 Å². The van der Waals surface area contributed by atoms with E-state index in [-0.39, 0.29) is 5.54 Å². The molecule has 0 saturated heterocycles. The first-order chi connectivity index (χ1) is 7.49. The standard InChI is InChI=1S/C13H20ClNO/c1-13(2,10-14)15(3)9-11-6-5-7-12(8-11)16-4/h5-8H,9-10H2,1-4H3. The van der Waals surface area contributed by atoms with E-state index in [4.69, 9.17) is 16.3 Å². The van der Waals surface area contributed by atoms with Crippen molar-refractivity contribution in [2.24, 2.45) is 0 Å². The predicted molar refractivity (Wildman–Crippen MR) is 69.3 cm³/mol. The van der Waals surface area contributed by atoms with Crippen LogP contribution in [-0.2, 0) is 6.54 Å². The highest BCUT2D eigenvalue weighted by atomic mass is 35.5. The highest BCUT2D eigenvalue weighted by molar-refractivity contribution is 6.18. The number of rotatable bonds is 5. The summed E-state index contributed by atoms with van der Waals surface area (Å²) in [5.74, 6) is 1.52. The second-order valence-electron chi connectivity index (χ2n) is 4.65. The zero-order valence-corrected chi connectivity index (χ0v) is 11.2. The molecule has 0 radical (unpaired) electrons. The maximum Gasteiger partial charge on any atom is 0.119 e. The smallest absolute Gasteiger partial charge is 0.119 e. The lowest BCUT2D eigenvalue weighted by molar-refractivity contribution is 0.170. The largest absolute Gasteiger partial charge is 0.497 e. The number of hydrogen-bond donors (Lipinski definition) is 0. The van der Waals surface area contributed by atoms with Crippen molar-refractivity contribution in [2.75, 3.05) is 20.0 Å². The van der Waals surface area contributed by atoms with Gasteiger partial charge in [-0.25, -0.2) is 0 Å². The number of methoxy groups -OCH3 is 1. The topological polar surface area (TPSA) is 12.5 Å². The maximum absolute atomic E-state index is 5.95. The predicted octanol–water partition coefficient (Wildman–Crippen LogP) is 3.14. The highest BCUT2D eigenvalue weighted by Gasteiger charge is 2.22. The SMILES string of the molecule is COc1cccc(CN(C)C(C)(C)CCl)c1. The number of nitrogens with zero attached hydrogens (tertiary/aromatic N) is 1. The van der Waals surface area contributed by atoms with Gasteiger partial charge < -0.3 is 4.74 Å². The highest BCUT2D eigenvalue weighted by Crippen LogP contribution is 2.19. The molecule has 3 heteroatoms. The third-order valence-corrected chi connectivity index (χ3v) is 3.57. The van der Waals surface area contributed by atoms with Crippen LogP contribution in [0.4, 0.5) is 0 Å². The number of ether oxygens (including phenoxy) is 1. The molecule has 2 nitrogen and oxygen atoms in total. The van der Waals surface area contributed by atoms with Gasteiger partial charge in [0.25, 0.3) is 0 Å². The second kappa shape index (κ2) is 5.55. The summed E-state index contributed by atoms with van der Waals surface area (Å²) < 4.78 is 5.20. The van der Waals surface area contributed by atoms with E-state index in [0.717, 1.165) is 12.3 Å². The first kappa shape index (κ1) is 13.3. The average Bonchev–Trinajstić information content (AvgIpc) is 2.29. The minimum absolute atomic E-state index is 0.00460. The monoisotopic (exact) mass is 241 g/mol. The van der Waals surface area contributed by atoms with Gasteiger partial charge in [-0.2, -0.15) is 0 Å². The lowest BCUT2D eigenvalue weighted by Gasteiger charge is -2.33. The zero-order valence-electron chi connectivity index (χ0n) is 10.5. The van der Waals surface area contributed by atoms with Crippen molar-refractivity contribution in [3.8, 4) is 5.75 Å². The first-order valence-corrected chi connectivity index (χ1v) is 5.93. The molecule has 0 fully saturated rings. The summed E-state index contributed by atoms with van der Waals surface area (Å²) >= 11 is 5.95. The fourth-order valence-electron chi connectivity index (χ4n) is 1.36. The van der Waals surface area contributed by atoms with E-state index in [1.54, 1.807) is 7.11 Å². The van der Waals surface area contributed by atoms with Crippen LogP contribution in [-0.4, -0.2) is 30.5 Å². The molecule has 0 bridgehead atoms. The van der Waals surface area contributed by atoms with Gasteiger partial charge in [0.2, 0.25) is 0 Å². The zero-order chi connectivity index (χ0) is 12.2. The Hall–Kier alpha value is -0.730. The molecular formula is C13H20ClNO. The minimum Gasteiger partial charge on any atom is -0.497 e. The van der Waals surface area contributed by atoms with Crippen molar-refractivity contribution in [1.29, 1.82) is 0 Å². The summed E-state index contributed by atoms with van der Waals surface area (Å²) in [7, 11) is 3.77. The van der Waals surface area contributed by atoms with Gasteiger partial charge in [-0.3, -0.25) is 4.90 Å². The Morgan fingerprint density at radius 1 is 1.38 bits per heavy atom. The van der Waals surface area contributed by atoms with Crippen LogP contribution in [0.1, 0.15) is 19.4 Å². The summed E-state index contributed by atoms with van der Waals surface area (Å²) in [6.07, 6.45) is 0. The third-order valence-electron chi connectivity index (χ3n) is 2.91. The molecule has 0 amide bonds. The normalized spacial score (nSPS) is 11.9. The van der Waals surface area contributed by atoms with Crippen molar-refractivity contribution < 1.29 is 4.74 Å². The summed E-state index contributed by atoms with van der Waals surface area (Å²) in [5, 5.41) is 0. The van der Waals surface area contributed by atoms with Crippen molar-refractivity contribution in [3.05, 3.63) is 29.8 Å². The van der Waals surface area contributed by atoms with Gasteiger partial charge in [0.1, 0.15) is 5.75 Å². The molecule has 0 heterocycles. The van der Waals surface area contributed by atoms with Crippen LogP contribution in [0, 0.1) is 0 Å². The molecule has 1 aromatic carbocycles. The van der Waals surface area contributed by atoms with Crippen LogP contribution >= 0.6 is 11.6 Å². The molecule has 0 spiro atoms. The number of alkyl halides is 1. The molecule has 0 atom stereocenters. The maximum atomic E-state index is 5.95. The molecule has 0 aliphatic rings. The van der Waals surface area contributed by atoms with Crippen molar-refractivity contribution >= 4 is 11.6 Å². The van der Waals surface area contributed by atoms with Crippen LogP contribution in [0.15, 0.2) is 24.3 Å². The fraction of sp³-hybridized carbons (Fsp3) is 0.538. The van der Waals surface area contributed by atoms with E-state index in [1.807, 2.05) is 12.1 Å². The average molecular weight is 242 g/mol. The number of benzene rings is 1. The van der Waals surface area contributed by atoms with Gasteiger partial charge in [-0.05, 0) is 38.6 Å². The molecule has 0 aromatic heterocycles. The van der Waals surface area contributed by atoms with Gasteiger partial charge >= 0.3 is 0 Å². The molecule has 90 valence electrons. The van der Waals surface area contributed by atoms with E-state index < -0.39 is 0 Å². The van der Waals surface area contributed by atoms with Gasteiger partial charge in [0, 0.05) is 18.0 Å². The molecule has 16 heavy (non-hydrogen) atoms. The van der Waals surface area contributed by atoms with E-state index >= 15 is 0 Å². The summed E-state index contributed by atoms with van der Waals surface area (Å²) in [6, 6.07) is 8.12. The Kier molecular flexibility index (Phi) is 4.63. The van der Waals surface area contributed by atoms with Gasteiger partial charge in [0.05, 0.1) is 7.11 Å². The summed E-state index contributed by atoms with van der Waals surface area (Å²) in [5.41, 5.74) is 1.24.